The van der Waals surface area contributed by atoms with Crippen LogP contribution < -0.4 is 4.74 Å². The molecule has 0 aliphatic carbocycles. The third kappa shape index (κ3) is 4.07. The number of nitro benzene ring substituents is 1. The van der Waals surface area contributed by atoms with Gasteiger partial charge >= 0.3 is 5.97 Å². The lowest BCUT2D eigenvalue weighted by molar-refractivity contribution is -0.384. The highest BCUT2D eigenvalue weighted by molar-refractivity contribution is 6.05. The van der Waals surface area contributed by atoms with Gasteiger partial charge in [0.15, 0.2) is 5.78 Å². The standard InChI is InChI=1S/C21H15NO5/c1-14(23)18-12-9-16-4-2-3-5-19(16)21(18)27-20(24)13-8-15-6-10-17(11-7-15)22(25)26/h2-13H,1H3. The number of ether oxygens (including phenoxy) is 1. The summed E-state index contributed by atoms with van der Waals surface area (Å²) in [6, 6.07) is 16.5. The van der Waals surface area contributed by atoms with Crippen LogP contribution in [0.5, 0.6) is 5.75 Å². The Morgan fingerprint density at radius 3 is 2.37 bits per heavy atom. The molecule has 0 aliphatic heterocycles. The molecule has 134 valence electrons. The first kappa shape index (κ1) is 18.0. The molecule has 27 heavy (non-hydrogen) atoms. The van der Waals surface area contributed by atoms with E-state index in [-0.39, 0.29) is 17.2 Å². The topological polar surface area (TPSA) is 86.5 Å². The summed E-state index contributed by atoms with van der Waals surface area (Å²) in [6.07, 6.45) is 2.71. The van der Waals surface area contributed by atoms with Crippen LogP contribution in [0.25, 0.3) is 16.8 Å². The molecule has 3 aromatic rings. The third-order valence-electron chi connectivity index (χ3n) is 3.98. The lowest BCUT2D eigenvalue weighted by Gasteiger charge is -2.10. The highest BCUT2D eigenvalue weighted by atomic mass is 16.6. The second-order valence-corrected chi connectivity index (χ2v) is 5.82. The Balaban J connectivity index is 1.86. The Bertz CT molecular complexity index is 1070. The average molecular weight is 361 g/mol. The number of nitro groups is 1. The summed E-state index contributed by atoms with van der Waals surface area (Å²) < 4.78 is 5.45. The van der Waals surface area contributed by atoms with Gasteiger partial charge in [-0.3, -0.25) is 14.9 Å². The molecule has 0 radical (unpaired) electrons. The van der Waals surface area contributed by atoms with Crippen molar-refractivity contribution >= 4 is 34.3 Å². The van der Waals surface area contributed by atoms with Crippen molar-refractivity contribution in [3.05, 3.63) is 88.0 Å². The number of hydrogen-bond donors (Lipinski definition) is 0. The predicted octanol–water partition coefficient (Wildman–Crippen LogP) is 4.57. The maximum atomic E-state index is 12.3. The summed E-state index contributed by atoms with van der Waals surface area (Å²) in [5, 5.41) is 12.2. The number of hydrogen-bond acceptors (Lipinski definition) is 5. The molecule has 6 heteroatoms. The van der Waals surface area contributed by atoms with Crippen LogP contribution in [0, 0.1) is 10.1 Å². The number of fused-ring (bicyclic) bond motifs is 1. The molecular weight excluding hydrogens is 346 g/mol. The monoisotopic (exact) mass is 361 g/mol. The summed E-state index contributed by atoms with van der Waals surface area (Å²) in [7, 11) is 0. The van der Waals surface area contributed by atoms with E-state index in [0.717, 1.165) is 5.39 Å². The van der Waals surface area contributed by atoms with Crippen LogP contribution in [-0.2, 0) is 4.79 Å². The summed E-state index contributed by atoms with van der Waals surface area (Å²) >= 11 is 0. The highest BCUT2D eigenvalue weighted by Gasteiger charge is 2.15. The number of benzene rings is 3. The Labute approximate surface area is 154 Å². The van der Waals surface area contributed by atoms with Crippen LogP contribution in [-0.4, -0.2) is 16.7 Å². The molecular formula is C21H15NO5. The summed E-state index contributed by atoms with van der Waals surface area (Å²) in [6.45, 7) is 1.41. The summed E-state index contributed by atoms with van der Waals surface area (Å²) in [5.41, 5.74) is 0.907. The van der Waals surface area contributed by atoms with Crippen LogP contribution in [0.1, 0.15) is 22.8 Å². The zero-order chi connectivity index (χ0) is 19.4. The molecule has 3 aromatic carbocycles. The molecule has 0 saturated carbocycles. The van der Waals surface area contributed by atoms with Crippen molar-refractivity contribution in [3.8, 4) is 5.75 Å². The zero-order valence-corrected chi connectivity index (χ0v) is 14.4. The average Bonchev–Trinajstić information content (AvgIpc) is 2.66. The Hall–Kier alpha value is -3.80. The van der Waals surface area contributed by atoms with Crippen LogP contribution in [0.15, 0.2) is 66.7 Å². The highest BCUT2D eigenvalue weighted by Crippen LogP contribution is 2.30. The van der Waals surface area contributed by atoms with Crippen LogP contribution in [0.3, 0.4) is 0 Å². The van der Waals surface area contributed by atoms with E-state index in [2.05, 4.69) is 0 Å². The summed E-state index contributed by atoms with van der Waals surface area (Å²) in [4.78, 5) is 34.3. The van der Waals surface area contributed by atoms with Gasteiger partial charge in [-0.15, -0.1) is 0 Å². The van der Waals surface area contributed by atoms with Crippen molar-refractivity contribution < 1.29 is 19.2 Å². The third-order valence-corrected chi connectivity index (χ3v) is 3.98. The second kappa shape index (κ2) is 7.61. The molecule has 0 saturated heterocycles. The quantitative estimate of drug-likeness (QED) is 0.166. The number of rotatable bonds is 5. The number of carbonyl (C=O) groups excluding carboxylic acids is 2. The molecule has 0 N–H and O–H groups in total. The lowest BCUT2D eigenvalue weighted by atomic mass is 10.0. The van der Waals surface area contributed by atoms with E-state index in [1.165, 1.54) is 43.3 Å². The van der Waals surface area contributed by atoms with Crippen LogP contribution >= 0.6 is 0 Å². The normalized spacial score (nSPS) is 10.9. The van der Waals surface area contributed by atoms with Crippen molar-refractivity contribution in [1.82, 2.24) is 0 Å². The number of esters is 1. The lowest BCUT2D eigenvalue weighted by Crippen LogP contribution is -2.08. The molecule has 0 aromatic heterocycles. The molecule has 6 nitrogen and oxygen atoms in total. The van der Waals surface area contributed by atoms with Gasteiger partial charge in [-0.1, -0.05) is 30.3 Å². The summed E-state index contributed by atoms with van der Waals surface area (Å²) in [5.74, 6) is -0.631. The molecule has 3 rings (SSSR count). The van der Waals surface area contributed by atoms with Gasteiger partial charge in [0.1, 0.15) is 5.75 Å². The molecule has 0 bridgehead atoms. The van der Waals surface area contributed by atoms with E-state index < -0.39 is 10.9 Å². The fourth-order valence-electron chi connectivity index (χ4n) is 2.64. The van der Waals surface area contributed by atoms with Gasteiger partial charge in [0.05, 0.1) is 10.5 Å². The number of Topliss-reactive ketones (excluding diaryl/α,β-unsaturated/α-hetero) is 1. The van der Waals surface area contributed by atoms with Crippen molar-refractivity contribution in [1.29, 1.82) is 0 Å². The van der Waals surface area contributed by atoms with Gasteiger partial charge in [-0.2, -0.15) is 0 Å². The number of non-ortho nitro benzene ring substituents is 1. The van der Waals surface area contributed by atoms with Crippen LogP contribution in [0.4, 0.5) is 5.69 Å². The fourth-order valence-corrected chi connectivity index (χ4v) is 2.64. The van der Waals surface area contributed by atoms with E-state index in [1.54, 1.807) is 24.3 Å². The smallest absolute Gasteiger partial charge is 0.336 e. The minimum Gasteiger partial charge on any atom is -0.422 e. The van der Waals surface area contributed by atoms with Gasteiger partial charge < -0.3 is 4.74 Å². The molecule has 0 fully saturated rings. The van der Waals surface area contributed by atoms with Crippen molar-refractivity contribution in [2.24, 2.45) is 0 Å². The van der Waals surface area contributed by atoms with E-state index in [0.29, 0.717) is 16.5 Å². The molecule has 0 heterocycles. The SMILES string of the molecule is CC(=O)c1ccc2ccccc2c1OC(=O)C=Cc1ccc([N+](=O)[O-])cc1. The van der Waals surface area contributed by atoms with Crippen molar-refractivity contribution in [2.45, 2.75) is 6.92 Å². The Morgan fingerprint density at radius 1 is 1.00 bits per heavy atom. The first-order valence-corrected chi connectivity index (χ1v) is 8.13. The Kier molecular flexibility index (Phi) is 5.08. The van der Waals surface area contributed by atoms with Gasteiger partial charge in [0.25, 0.3) is 5.69 Å². The second-order valence-electron chi connectivity index (χ2n) is 5.82. The minimum atomic E-state index is -0.646. The molecule has 0 aliphatic rings. The van der Waals surface area contributed by atoms with Gasteiger partial charge in [0.2, 0.25) is 0 Å². The molecule has 0 atom stereocenters. The van der Waals surface area contributed by atoms with Gasteiger partial charge in [0, 0.05) is 23.6 Å². The molecule has 0 spiro atoms. The van der Waals surface area contributed by atoms with Crippen molar-refractivity contribution in [2.75, 3.05) is 0 Å². The van der Waals surface area contributed by atoms with E-state index in [4.69, 9.17) is 4.74 Å². The van der Waals surface area contributed by atoms with E-state index in [1.807, 2.05) is 12.1 Å². The minimum absolute atomic E-state index is 0.0309. The largest absolute Gasteiger partial charge is 0.422 e. The Morgan fingerprint density at radius 2 is 1.70 bits per heavy atom. The number of ketones is 1. The van der Waals surface area contributed by atoms with Crippen molar-refractivity contribution in [3.63, 3.8) is 0 Å². The van der Waals surface area contributed by atoms with Crippen LogP contribution in [0.2, 0.25) is 0 Å². The fraction of sp³-hybridized carbons (Fsp3) is 0.0476. The maximum Gasteiger partial charge on any atom is 0.336 e. The van der Waals surface area contributed by atoms with Gasteiger partial charge in [-0.05, 0) is 42.1 Å². The zero-order valence-electron chi connectivity index (χ0n) is 14.4. The van der Waals surface area contributed by atoms with E-state index in [9.17, 15) is 19.7 Å². The maximum absolute atomic E-state index is 12.3. The number of nitrogens with zero attached hydrogens (tertiary/aromatic N) is 1. The molecule has 0 amide bonds. The molecule has 0 unspecified atom stereocenters. The van der Waals surface area contributed by atoms with E-state index >= 15 is 0 Å². The number of carbonyl (C=O) groups is 2. The first-order valence-electron chi connectivity index (χ1n) is 8.13. The van der Waals surface area contributed by atoms with Gasteiger partial charge in [-0.25, -0.2) is 4.79 Å². The first-order chi connectivity index (χ1) is 13.0. The predicted molar refractivity (Wildman–Crippen MR) is 102 cm³/mol.